The van der Waals surface area contributed by atoms with Gasteiger partial charge in [0.15, 0.2) is 0 Å². The zero-order chi connectivity index (χ0) is 13.7. The number of hydrogen-bond acceptors (Lipinski definition) is 4. The molecule has 0 atom stereocenters. The van der Waals surface area contributed by atoms with Crippen LogP contribution in [0, 0.1) is 0 Å². The molecule has 1 heterocycles. The summed E-state index contributed by atoms with van der Waals surface area (Å²) < 4.78 is 4.85. The number of carboxylic acids is 1. The van der Waals surface area contributed by atoms with Crippen molar-refractivity contribution in [1.29, 1.82) is 0 Å². The molecule has 0 bridgehead atoms. The lowest BCUT2D eigenvalue weighted by molar-refractivity contribution is -0.142. The first-order chi connectivity index (χ1) is 9.16. The van der Waals surface area contributed by atoms with E-state index in [-0.39, 0.29) is 19.2 Å². The Hall–Kier alpha value is -1.34. The third-order valence-electron chi connectivity index (χ3n) is 3.41. The number of hydrogen-bond donors (Lipinski definition) is 2. The highest BCUT2D eigenvalue weighted by atomic mass is 16.5. The van der Waals surface area contributed by atoms with Gasteiger partial charge in [-0.3, -0.25) is 4.90 Å². The summed E-state index contributed by atoms with van der Waals surface area (Å²) in [5.74, 6) is -0.998. The predicted octanol–water partition coefficient (Wildman–Crippen LogP) is -0.423. The molecule has 0 aromatic carbocycles. The second-order valence-corrected chi connectivity index (χ2v) is 4.93. The molecule has 108 valence electrons. The minimum Gasteiger partial charge on any atom is -0.480 e. The molecule has 1 saturated heterocycles. The molecule has 0 unspecified atom stereocenters. The van der Waals surface area contributed by atoms with Crippen molar-refractivity contribution in [2.75, 3.05) is 45.9 Å². The quantitative estimate of drug-likeness (QED) is 0.641. The normalized spacial score (nSPS) is 20.3. The van der Waals surface area contributed by atoms with Gasteiger partial charge in [-0.15, -0.1) is 0 Å². The van der Waals surface area contributed by atoms with Crippen LogP contribution < -0.4 is 5.32 Å². The predicted molar refractivity (Wildman–Crippen MR) is 68.0 cm³/mol. The maximum Gasteiger partial charge on any atom is 0.329 e. The van der Waals surface area contributed by atoms with Crippen LogP contribution in [-0.4, -0.2) is 78.9 Å². The van der Waals surface area contributed by atoms with Gasteiger partial charge >= 0.3 is 12.0 Å². The molecule has 2 aliphatic rings. The van der Waals surface area contributed by atoms with Gasteiger partial charge in [-0.2, -0.15) is 0 Å². The Kier molecular flexibility index (Phi) is 4.98. The van der Waals surface area contributed by atoms with E-state index in [9.17, 15) is 9.59 Å². The molecule has 0 aromatic heterocycles. The highest BCUT2D eigenvalue weighted by molar-refractivity contribution is 5.74. The first kappa shape index (κ1) is 14.1. The lowest BCUT2D eigenvalue weighted by atomic mass is 10.3. The molecular weight excluding hydrogens is 250 g/mol. The van der Waals surface area contributed by atoms with Crippen LogP contribution in [0.1, 0.15) is 12.8 Å². The Balaban J connectivity index is 1.55. The molecule has 2 N–H and O–H groups in total. The lowest BCUT2D eigenvalue weighted by Gasteiger charge is -2.34. The number of carbonyl (C=O) groups is 2. The zero-order valence-electron chi connectivity index (χ0n) is 11.0. The number of carboxylic acid groups (broad SMARTS) is 1. The third-order valence-corrected chi connectivity index (χ3v) is 3.41. The van der Waals surface area contributed by atoms with Crippen LogP contribution in [0.3, 0.4) is 0 Å². The van der Waals surface area contributed by atoms with Gasteiger partial charge in [0.25, 0.3) is 0 Å². The highest BCUT2D eigenvalue weighted by Gasteiger charge is 2.32. The monoisotopic (exact) mass is 271 g/mol. The maximum atomic E-state index is 11.8. The number of piperazine rings is 1. The smallest absolute Gasteiger partial charge is 0.329 e. The van der Waals surface area contributed by atoms with Gasteiger partial charge in [-0.1, -0.05) is 0 Å². The van der Waals surface area contributed by atoms with Gasteiger partial charge in [-0.05, 0) is 12.8 Å². The number of ether oxygens (including phenoxy) is 1. The minimum atomic E-state index is -0.998. The molecule has 2 fully saturated rings. The van der Waals surface area contributed by atoms with Crippen molar-refractivity contribution in [1.82, 2.24) is 15.1 Å². The molecule has 0 spiro atoms. The molecule has 1 saturated carbocycles. The summed E-state index contributed by atoms with van der Waals surface area (Å²) in [7, 11) is 0. The molecule has 1 aliphatic heterocycles. The SMILES string of the molecule is O=C(O)COCCNC(=O)N1CCN(C2CC2)CC1. The number of amides is 2. The van der Waals surface area contributed by atoms with Gasteiger partial charge in [0, 0.05) is 38.8 Å². The molecule has 7 nitrogen and oxygen atoms in total. The van der Waals surface area contributed by atoms with E-state index in [2.05, 4.69) is 10.2 Å². The Morgan fingerprint density at radius 3 is 2.47 bits per heavy atom. The van der Waals surface area contributed by atoms with Crippen LogP contribution in [0.4, 0.5) is 4.79 Å². The number of nitrogens with one attached hydrogen (secondary N) is 1. The van der Waals surface area contributed by atoms with Crippen molar-refractivity contribution in [3.05, 3.63) is 0 Å². The van der Waals surface area contributed by atoms with Crippen molar-refractivity contribution in [3.63, 3.8) is 0 Å². The van der Waals surface area contributed by atoms with Crippen LogP contribution in [-0.2, 0) is 9.53 Å². The first-order valence-electron chi connectivity index (χ1n) is 6.73. The molecule has 19 heavy (non-hydrogen) atoms. The average Bonchev–Trinajstić information content (AvgIpc) is 3.22. The van der Waals surface area contributed by atoms with Crippen molar-refractivity contribution in [2.24, 2.45) is 0 Å². The third kappa shape index (κ3) is 4.68. The fourth-order valence-corrected chi connectivity index (χ4v) is 2.23. The van der Waals surface area contributed by atoms with Crippen molar-refractivity contribution in [3.8, 4) is 0 Å². The highest BCUT2D eigenvalue weighted by Crippen LogP contribution is 2.27. The van der Waals surface area contributed by atoms with Crippen LogP contribution in [0.25, 0.3) is 0 Å². The zero-order valence-corrected chi connectivity index (χ0v) is 11.0. The Labute approximate surface area is 112 Å². The van der Waals surface area contributed by atoms with Crippen LogP contribution in [0.15, 0.2) is 0 Å². The summed E-state index contributed by atoms with van der Waals surface area (Å²) in [5, 5.41) is 11.1. The average molecular weight is 271 g/mol. The van der Waals surface area contributed by atoms with Crippen molar-refractivity contribution >= 4 is 12.0 Å². The largest absolute Gasteiger partial charge is 0.480 e. The second kappa shape index (κ2) is 6.72. The first-order valence-corrected chi connectivity index (χ1v) is 6.73. The maximum absolute atomic E-state index is 11.8. The summed E-state index contributed by atoms with van der Waals surface area (Å²) in [4.78, 5) is 26.3. The summed E-state index contributed by atoms with van der Waals surface area (Å²) in [5.41, 5.74) is 0. The summed E-state index contributed by atoms with van der Waals surface area (Å²) in [6.07, 6.45) is 2.60. The Morgan fingerprint density at radius 1 is 1.21 bits per heavy atom. The molecule has 0 aromatic rings. The van der Waals surface area contributed by atoms with E-state index < -0.39 is 5.97 Å². The number of carbonyl (C=O) groups excluding carboxylic acids is 1. The lowest BCUT2D eigenvalue weighted by Crippen LogP contribution is -2.52. The van der Waals surface area contributed by atoms with E-state index in [0.717, 1.165) is 32.2 Å². The number of rotatable bonds is 6. The Bertz CT molecular complexity index is 325. The standard InChI is InChI=1S/C12H21N3O4/c16-11(17)9-19-8-3-13-12(18)15-6-4-14(5-7-15)10-1-2-10/h10H,1-9H2,(H,13,18)(H,16,17). The van der Waals surface area contributed by atoms with Gasteiger partial charge < -0.3 is 20.1 Å². The van der Waals surface area contributed by atoms with Gasteiger partial charge in [0.05, 0.1) is 6.61 Å². The summed E-state index contributed by atoms with van der Waals surface area (Å²) in [6.45, 7) is 3.67. The van der Waals surface area contributed by atoms with E-state index in [0.29, 0.717) is 6.54 Å². The molecule has 7 heteroatoms. The van der Waals surface area contributed by atoms with E-state index in [1.54, 1.807) is 4.90 Å². The topological polar surface area (TPSA) is 82.1 Å². The van der Waals surface area contributed by atoms with Crippen LogP contribution in [0.2, 0.25) is 0 Å². The number of nitrogens with zero attached hydrogens (tertiary/aromatic N) is 2. The molecule has 0 radical (unpaired) electrons. The van der Waals surface area contributed by atoms with Crippen molar-refractivity contribution < 1.29 is 19.4 Å². The van der Waals surface area contributed by atoms with Gasteiger partial charge in [0.2, 0.25) is 0 Å². The van der Waals surface area contributed by atoms with E-state index in [4.69, 9.17) is 9.84 Å². The van der Waals surface area contributed by atoms with Crippen molar-refractivity contribution in [2.45, 2.75) is 18.9 Å². The summed E-state index contributed by atoms with van der Waals surface area (Å²) >= 11 is 0. The number of urea groups is 1. The fourth-order valence-electron chi connectivity index (χ4n) is 2.23. The van der Waals surface area contributed by atoms with E-state index in [1.165, 1.54) is 12.8 Å². The number of aliphatic carboxylic acids is 1. The second-order valence-electron chi connectivity index (χ2n) is 4.93. The summed E-state index contributed by atoms with van der Waals surface area (Å²) in [6, 6.07) is 0.670. The van der Waals surface area contributed by atoms with Crippen LogP contribution >= 0.6 is 0 Å². The Morgan fingerprint density at radius 2 is 1.89 bits per heavy atom. The van der Waals surface area contributed by atoms with E-state index >= 15 is 0 Å². The molecule has 2 rings (SSSR count). The fraction of sp³-hybridized carbons (Fsp3) is 0.833. The molecular formula is C12H21N3O4. The molecule has 1 aliphatic carbocycles. The van der Waals surface area contributed by atoms with Gasteiger partial charge in [-0.25, -0.2) is 9.59 Å². The minimum absolute atomic E-state index is 0.0885. The van der Waals surface area contributed by atoms with E-state index in [1.807, 2.05) is 0 Å². The van der Waals surface area contributed by atoms with Crippen LogP contribution in [0.5, 0.6) is 0 Å². The molecule has 2 amide bonds. The van der Waals surface area contributed by atoms with Gasteiger partial charge in [0.1, 0.15) is 6.61 Å².